The minimum atomic E-state index is -0.758. The van der Waals surface area contributed by atoms with Crippen LogP contribution in [0.2, 0.25) is 10.0 Å². The van der Waals surface area contributed by atoms with Gasteiger partial charge >= 0.3 is 0 Å². The fraction of sp³-hybridized carbons (Fsp3) is 0.250. The first-order valence-electron chi connectivity index (χ1n) is 7.96. The van der Waals surface area contributed by atoms with Gasteiger partial charge in [-0.15, -0.1) is 6.42 Å². The summed E-state index contributed by atoms with van der Waals surface area (Å²) in [5, 5.41) is 4.01. The van der Waals surface area contributed by atoms with E-state index < -0.39 is 5.41 Å². The van der Waals surface area contributed by atoms with Crippen molar-refractivity contribution >= 4 is 34.8 Å². The third-order valence-electron chi connectivity index (χ3n) is 4.51. The number of ether oxygens (including phenoxy) is 1. The van der Waals surface area contributed by atoms with E-state index in [0.29, 0.717) is 47.4 Å². The fourth-order valence-corrected chi connectivity index (χ4v) is 3.74. The van der Waals surface area contributed by atoms with Crippen molar-refractivity contribution in [2.45, 2.75) is 18.3 Å². The summed E-state index contributed by atoms with van der Waals surface area (Å²) >= 11 is 12.4. The van der Waals surface area contributed by atoms with Crippen LogP contribution < -0.4 is 5.32 Å². The molecule has 25 heavy (non-hydrogen) atoms. The van der Waals surface area contributed by atoms with Crippen molar-refractivity contribution in [2.75, 3.05) is 18.5 Å². The highest BCUT2D eigenvalue weighted by molar-refractivity contribution is 6.35. The number of carbonyl (C=O) groups is 1. The number of hydrogen-bond donors (Lipinski definition) is 1. The van der Waals surface area contributed by atoms with Crippen LogP contribution in [0.25, 0.3) is 0 Å². The number of hydrogen-bond acceptors (Lipinski definition) is 2. The van der Waals surface area contributed by atoms with E-state index in [1.807, 2.05) is 24.3 Å². The Bertz CT molecular complexity index is 836. The molecular formula is C20H17Cl2NO2. The molecule has 0 saturated carbocycles. The van der Waals surface area contributed by atoms with Crippen LogP contribution in [0.1, 0.15) is 24.0 Å². The lowest BCUT2D eigenvalue weighted by atomic mass is 9.73. The van der Waals surface area contributed by atoms with Crippen LogP contribution in [0.15, 0.2) is 42.5 Å². The Morgan fingerprint density at radius 1 is 1.16 bits per heavy atom. The molecule has 1 aliphatic heterocycles. The van der Waals surface area contributed by atoms with Gasteiger partial charge in [-0.05, 0) is 48.7 Å². The second-order valence-corrected chi connectivity index (χ2v) is 6.84. The number of amides is 1. The van der Waals surface area contributed by atoms with E-state index >= 15 is 0 Å². The van der Waals surface area contributed by atoms with Crippen LogP contribution >= 0.6 is 23.2 Å². The van der Waals surface area contributed by atoms with E-state index in [2.05, 4.69) is 11.2 Å². The molecule has 3 rings (SSSR count). The molecule has 0 radical (unpaired) electrons. The minimum absolute atomic E-state index is 0.116. The molecule has 2 aromatic rings. The monoisotopic (exact) mass is 373 g/mol. The van der Waals surface area contributed by atoms with Gasteiger partial charge in [-0.3, -0.25) is 4.79 Å². The quantitative estimate of drug-likeness (QED) is 0.794. The third-order valence-corrected chi connectivity index (χ3v) is 5.06. The Hall–Kier alpha value is -1.99. The molecule has 2 aromatic carbocycles. The van der Waals surface area contributed by atoms with Gasteiger partial charge in [0.2, 0.25) is 5.91 Å². The molecule has 0 aliphatic carbocycles. The Kier molecular flexibility index (Phi) is 5.34. The number of rotatable bonds is 3. The van der Waals surface area contributed by atoms with Gasteiger partial charge in [0.05, 0.1) is 5.41 Å². The maximum absolute atomic E-state index is 13.2. The van der Waals surface area contributed by atoms with E-state index in [0.717, 1.165) is 5.56 Å². The summed E-state index contributed by atoms with van der Waals surface area (Å²) in [5.41, 5.74) is 1.39. The molecule has 0 bridgehead atoms. The topological polar surface area (TPSA) is 38.3 Å². The van der Waals surface area contributed by atoms with Crippen molar-refractivity contribution in [3.8, 4) is 12.3 Å². The van der Waals surface area contributed by atoms with Crippen LogP contribution in [0.4, 0.5) is 5.69 Å². The van der Waals surface area contributed by atoms with E-state index in [9.17, 15) is 4.79 Å². The predicted molar refractivity (Wildman–Crippen MR) is 101 cm³/mol. The lowest BCUT2D eigenvalue weighted by molar-refractivity contribution is -0.125. The van der Waals surface area contributed by atoms with Crippen molar-refractivity contribution in [1.29, 1.82) is 0 Å². The van der Waals surface area contributed by atoms with Crippen LogP contribution in [0, 0.1) is 12.3 Å². The second-order valence-electron chi connectivity index (χ2n) is 6.00. The van der Waals surface area contributed by atoms with Crippen LogP contribution in [-0.2, 0) is 14.9 Å². The first-order chi connectivity index (χ1) is 12.0. The van der Waals surface area contributed by atoms with Crippen molar-refractivity contribution < 1.29 is 9.53 Å². The average Bonchev–Trinajstić information content (AvgIpc) is 2.62. The van der Waals surface area contributed by atoms with Gasteiger partial charge in [-0.2, -0.15) is 0 Å². The maximum atomic E-state index is 13.2. The fourth-order valence-electron chi connectivity index (χ4n) is 3.15. The first kappa shape index (κ1) is 17.8. The van der Waals surface area contributed by atoms with Crippen molar-refractivity contribution in [3.63, 3.8) is 0 Å². The highest BCUT2D eigenvalue weighted by Crippen LogP contribution is 2.40. The molecule has 1 N–H and O–H groups in total. The summed E-state index contributed by atoms with van der Waals surface area (Å²) in [6, 6.07) is 12.5. The number of anilines is 1. The van der Waals surface area contributed by atoms with Gasteiger partial charge in [0.25, 0.3) is 0 Å². The van der Waals surface area contributed by atoms with Crippen molar-refractivity contribution in [3.05, 3.63) is 63.6 Å². The largest absolute Gasteiger partial charge is 0.381 e. The molecule has 1 fully saturated rings. The summed E-state index contributed by atoms with van der Waals surface area (Å²) in [7, 11) is 0. The highest BCUT2D eigenvalue weighted by Gasteiger charge is 2.43. The van der Waals surface area contributed by atoms with Gasteiger partial charge in [0.15, 0.2) is 0 Å². The molecule has 1 aliphatic rings. The molecule has 5 heteroatoms. The summed E-state index contributed by atoms with van der Waals surface area (Å²) in [6.45, 7) is 0.994. The molecule has 0 aromatic heterocycles. The predicted octanol–water partition coefficient (Wildman–Crippen LogP) is 4.66. The molecule has 0 unspecified atom stereocenters. The zero-order valence-electron chi connectivity index (χ0n) is 13.5. The normalized spacial score (nSPS) is 16.0. The summed E-state index contributed by atoms with van der Waals surface area (Å²) in [4.78, 5) is 13.2. The molecule has 128 valence electrons. The summed E-state index contributed by atoms with van der Waals surface area (Å²) in [6.07, 6.45) is 6.54. The molecular weight excluding hydrogens is 357 g/mol. The molecule has 1 amide bonds. The smallest absolute Gasteiger partial charge is 0.235 e. The number of halogens is 2. The molecule has 0 spiro atoms. The van der Waals surface area contributed by atoms with Gasteiger partial charge < -0.3 is 10.1 Å². The van der Waals surface area contributed by atoms with Crippen LogP contribution in [-0.4, -0.2) is 19.1 Å². The van der Waals surface area contributed by atoms with Crippen LogP contribution in [0.5, 0.6) is 0 Å². The zero-order valence-corrected chi connectivity index (χ0v) is 15.0. The lowest BCUT2D eigenvalue weighted by Gasteiger charge is -2.36. The Balaban J connectivity index is 1.97. The van der Waals surface area contributed by atoms with Crippen LogP contribution in [0.3, 0.4) is 0 Å². The van der Waals surface area contributed by atoms with Gasteiger partial charge in [-0.25, -0.2) is 0 Å². The SMILES string of the molecule is C#Cc1cccc(NC(=O)C2(c3ccc(Cl)cc3Cl)CCOCC2)c1. The van der Waals surface area contributed by atoms with Gasteiger partial charge in [-0.1, -0.05) is 41.3 Å². The van der Waals surface area contributed by atoms with Gasteiger partial charge in [0, 0.05) is 34.5 Å². The standard InChI is InChI=1S/C20H17Cl2NO2/c1-2-14-4-3-5-16(12-14)23-19(24)20(8-10-25-11-9-20)17-7-6-15(21)13-18(17)22/h1,3-7,12-13H,8-11H2,(H,23,24). The minimum Gasteiger partial charge on any atom is -0.381 e. The number of benzene rings is 2. The summed E-state index contributed by atoms with van der Waals surface area (Å²) < 4.78 is 5.47. The lowest BCUT2D eigenvalue weighted by Crippen LogP contribution is -2.45. The number of nitrogens with one attached hydrogen (secondary N) is 1. The van der Waals surface area contributed by atoms with Gasteiger partial charge in [0.1, 0.15) is 0 Å². The van der Waals surface area contributed by atoms with E-state index in [1.165, 1.54) is 0 Å². The summed E-state index contributed by atoms with van der Waals surface area (Å²) in [5.74, 6) is 2.45. The van der Waals surface area contributed by atoms with E-state index in [1.54, 1.807) is 18.2 Å². The molecule has 1 saturated heterocycles. The van der Waals surface area contributed by atoms with Crippen molar-refractivity contribution in [1.82, 2.24) is 0 Å². The molecule has 1 heterocycles. The Labute approximate surface area is 157 Å². The average molecular weight is 374 g/mol. The first-order valence-corrected chi connectivity index (χ1v) is 8.72. The zero-order chi connectivity index (χ0) is 17.9. The molecule has 3 nitrogen and oxygen atoms in total. The second kappa shape index (κ2) is 7.49. The Morgan fingerprint density at radius 3 is 2.60 bits per heavy atom. The number of carbonyl (C=O) groups excluding carboxylic acids is 1. The maximum Gasteiger partial charge on any atom is 0.235 e. The Morgan fingerprint density at radius 2 is 1.92 bits per heavy atom. The molecule has 0 atom stereocenters. The third kappa shape index (κ3) is 3.67. The van der Waals surface area contributed by atoms with E-state index in [4.69, 9.17) is 34.4 Å². The van der Waals surface area contributed by atoms with E-state index in [-0.39, 0.29) is 5.91 Å². The highest BCUT2D eigenvalue weighted by atomic mass is 35.5. The van der Waals surface area contributed by atoms with Crippen molar-refractivity contribution in [2.24, 2.45) is 0 Å². The number of terminal acetylenes is 1.